The van der Waals surface area contributed by atoms with Gasteiger partial charge < -0.3 is 5.32 Å². The number of benzene rings is 1. The van der Waals surface area contributed by atoms with Gasteiger partial charge in [-0.1, -0.05) is 18.2 Å². The van der Waals surface area contributed by atoms with Crippen molar-refractivity contribution in [3.8, 4) is 11.3 Å². The molecule has 12 heteroatoms. The van der Waals surface area contributed by atoms with Crippen LogP contribution in [-0.4, -0.2) is 29.1 Å². The van der Waals surface area contributed by atoms with Gasteiger partial charge in [0, 0.05) is 11.8 Å². The number of primary sulfonamides is 1. The highest BCUT2D eigenvalue weighted by molar-refractivity contribution is 7.89. The van der Waals surface area contributed by atoms with Gasteiger partial charge >= 0.3 is 6.55 Å². The van der Waals surface area contributed by atoms with E-state index in [1.165, 1.54) is 18.2 Å². The summed E-state index contributed by atoms with van der Waals surface area (Å²) >= 11 is 0. The summed E-state index contributed by atoms with van der Waals surface area (Å²) in [5.41, 5.74) is -0.0638. The zero-order valence-corrected chi connectivity index (χ0v) is 15.4. The number of rotatable bonds is 6. The van der Waals surface area contributed by atoms with Gasteiger partial charge in [-0.3, -0.25) is 9.78 Å². The fourth-order valence-electron chi connectivity index (χ4n) is 2.53. The number of aromatic nitrogens is 3. The number of pyridine rings is 1. The maximum Gasteiger partial charge on any atom is 0.333 e. The van der Waals surface area contributed by atoms with Crippen molar-refractivity contribution in [2.45, 2.75) is 17.9 Å². The minimum Gasteiger partial charge on any atom is -0.324 e. The Morgan fingerprint density at radius 1 is 1.24 bits per heavy atom. The van der Waals surface area contributed by atoms with Crippen LogP contribution >= 0.6 is 0 Å². The quantitative estimate of drug-likeness (QED) is 0.628. The van der Waals surface area contributed by atoms with Gasteiger partial charge in [-0.05, 0) is 17.7 Å². The Hall–Kier alpha value is -3.25. The molecule has 3 aromatic rings. The number of nitrogens with zero attached hydrogens (tertiary/aromatic N) is 3. The Bertz CT molecular complexity index is 1160. The molecule has 3 N–H and O–H groups in total. The Morgan fingerprint density at radius 2 is 1.97 bits per heavy atom. The normalized spacial score (nSPS) is 11.6. The first-order chi connectivity index (χ1) is 13.6. The summed E-state index contributed by atoms with van der Waals surface area (Å²) in [6, 6.07) is 6.73. The molecule has 0 saturated carbocycles. The molecule has 152 valence electrons. The van der Waals surface area contributed by atoms with Crippen LogP contribution in [0, 0.1) is 5.82 Å². The summed E-state index contributed by atoms with van der Waals surface area (Å²) in [4.78, 5) is 15.6. The molecule has 1 amide bonds. The molecule has 0 aliphatic heterocycles. The van der Waals surface area contributed by atoms with Gasteiger partial charge in [-0.2, -0.15) is 13.9 Å². The van der Waals surface area contributed by atoms with E-state index < -0.39 is 33.2 Å². The van der Waals surface area contributed by atoms with Crippen molar-refractivity contribution in [1.82, 2.24) is 14.8 Å². The third kappa shape index (κ3) is 4.78. The third-order valence-corrected chi connectivity index (χ3v) is 4.75. The summed E-state index contributed by atoms with van der Waals surface area (Å²) in [5.74, 6) is -1.17. The van der Waals surface area contributed by atoms with Crippen molar-refractivity contribution in [3.05, 3.63) is 60.3 Å². The first-order valence-corrected chi connectivity index (χ1v) is 9.58. The number of nitrogens with one attached hydrogen (secondary N) is 1. The zero-order chi connectivity index (χ0) is 21.2. The monoisotopic (exact) mass is 425 g/mol. The van der Waals surface area contributed by atoms with Crippen molar-refractivity contribution < 1.29 is 26.4 Å². The fourth-order valence-corrected chi connectivity index (χ4v) is 3.26. The van der Waals surface area contributed by atoms with Gasteiger partial charge in [-0.15, -0.1) is 0 Å². The maximum atomic E-state index is 13.7. The van der Waals surface area contributed by atoms with E-state index >= 15 is 0 Å². The molecule has 2 aromatic heterocycles. The van der Waals surface area contributed by atoms with E-state index in [2.05, 4.69) is 15.4 Å². The average Bonchev–Trinajstić information content (AvgIpc) is 3.13. The molecule has 8 nitrogen and oxygen atoms in total. The van der Waals surface area contributed by atoms with E-state index in [1.807, 2.05) is 0 Å². The Balaban J connectivity index is 1.89. The topological polar surface area (TPSA) is 120 Å². The standard InChI is InChI=1S/C17H14F3N5O3S/c18-13-4-2-1-3-10(13)5-15(26)24-12-6-14(29(21,27)28)16(22-8-12)11-7-23-25(9-11)17(19)20/h1-4,6-9,17H,5H2,(H,24,26)(H2,21,27,28). The van der Waals surface area contributed by atoms with Gasteiger partial charge in [0.1, 0.15) is 10.7 Å². The average molecular weight is 425 g/mol. The second kappa shape index (κ2) is 8.01. The van der Waals surface area contributed by atoms with Crippen LogP contribution in [0.1, 0.15) is 12.1 Å². The van der Waals surface area contributed by atoms with Crippen LogP contribution < -0.4 is 10.5 Å². The Labute approximate surface area is 163 Å². The third-order valence-electron chi connectivity index (χ3n) is 3.83. The van der Waals surface area contributed by atoms with Crippen LogP contribution in [-0.2, 0) is 21.2 Å². The highest BCUT2D eigenvalue weighted by atomic mass is 32.2. The van der Waals surface area contributed by atoms with Crippen molar-refractivity contribution in [2.24, 2.45) is 5.14 Å². The van der Waals surface area contributed by atoms with E-state index in [1.54, 1.807) is 6.07 Å². The van der Waals surface area contributed by atoms with Crippen LogP contribution in [0.4, 0.5) is 18.9 Å². The second-order valence-electron chi connectivity index (χ2n) is 5.92. The summed E-state index contributed by atoms with van der Waals surface area (Å²) in [7, 11) is -4.31. The molecule has 1 aromatic carbocycles. The number of hydrogen-bond acceptors (Lipinski definition) is 5. The van der Waals surface area contributed by atoms with Crippen molar-refractivity contribution in [2.75, 3.05) is 5.32 Å². The predicted molar refractivity (Wildman–Crippen MR) is 96.8 cm³/mol. The number of hydrogen-bond donors (Lipinski definition) is 2. The van der Waals surface area contributed by atoms with Gasteiger partial charge in [0.2, 0.25) is 15.9 Å². The molecule has 0 atom stereocenters. The summed E-state index contributed by atoms with van der Waals surface area (Å²) in [6.07, 6.45) is 2.76. The maximum absolute atomic E-state index is 13.7. The molecule has 29 heavy (non-hydrogen) atoms. The van der Waals surface area contributed by atoms with E-state index in [0.717, 1.165) is 24.7 Å². The minimum absolute atomic E-state index is 0.00134. The molecule has 0 spiro atoms. The lowest BCUT2D eigenvalue weighted by molar-refractivity contribution is -0.115. The van der Waals surface area contributed by atoms with Crippen molar-refractivity contribution in [3.63, 3.8) is 0 Å². The van der Waals surface area contributed by atoms with Gasteiger partial charge in [-0.25, -0.2) is 22.6 Å². The van der Waals surface area contributed by atoms with Crippen molar-refractivity contribution in [1.29, 1.82) is 0 Å². The van der Waals surface area contributed by atoms with Crippen molar-refractivity contribution >= 4 is 21.6 Å². The summed E-state index contributed by atoms with van der Waals surface area (Å²) < 4.78 is 63.3. The first-order valence-electron chi connectivity index (χ1n) is 8.04. The summed E-state index contributed by atoms with van der Waals surface area (Å²) in [6.45, 7) is -2.92. The van der Waals surface area contributed by atoms with Crippen LogP contribution in [0.3, 0.4) is 0 Å². The molecule has 3 rings (SSSR count). The largest absolute Gasteiger partial charge is 0.333 e. The van der Waals surface area contributed by atoms with E-state index in [0.29, 0.717) is 4.68 Å². The lowest BCUT2D eigenvalue weighted by Crippen LogP contribution is -2.18. The van der Waals surface area contributed by atoms with Crippen LogP contribution in [0.25, 0.3) is 11.3 Å². The molecule has 0 fully saturated rings. The van der Waals surface area contributed by atoms with E-state index in [9.17, 15) is 26.4 Å². The number of sulfonamides is 1. The number of nitrogens with two attached hydrogens (primary N) is 1. The fraction of sp³-hybridized carbons (Fsp3) is 0.118. The molecule has 0 bridgehead atoms. The number of halogens is 3. The lowest BCUT2D eigenvalue weighted by atomic mass is 10.1. The molecule has 0 aliphatic carbocycles. The molecule has 0 aliphatic rings. The van der Waals surface area contributed by atoms with Gasteiger partial charge in [0.25, 0.3) is 0 Å². The SMILES string of the molecule is NS(=O)(=O)c1cc(NC(=O)Cc2ccccc2F)cnc1-c1cnn(C(F)F)c1. The lowest BCUT2D eigenvalue weighted by Gasteiger charge is -2.10. The number of alkyl halides is 2. The number of carbonyl (C=O) groups is 1. The number of carbonyl (C=O) groups excluding carboxylic acids is 1. The molecule has 0 unspecified atom stereocenters. The number of anilines is 1. The van der Waals surface area contributed by atoms with Gasteiger partial charge in [0.15, 0.2) is 0 Å². The molecule has 0 radical (unpaired) electrons. The number of amides is 1. The van der Waals surface area contributed by atoms with E-state index in [-0.39, 0.29) is 28.9 Å². The second-order valence-corrected chi connectivity index (χ2v) is 7.45. The van der Waals surface area contributed by atoms with Crippen LogP contribution in [0.2, 0.25) is 0 Å². The molecule has 0 saturated heterocycles. The van der Waals surface area contributed by atoms with E-state index in [4.69, 9.17) is 5.14 Å². The molecular formula is C17H14F3N5O3S. The van der Waals surface area contributed by atoms with Crippen LogP contribution in [0.5, 0.6) is 0 Å². The minimum atomic E-state index is -4.31. The van der Waals surface area contributed by atoms with Crippen LogP contribution in [0.15, 0.2) is 53.8 Å². The predicted octanol–water partition coefficient (Wildman–Crippen LogP) is 2.31. The Morgan fingerprint density at radius 3 is 2.59 bits per heavy atom. The zero-order valence-electron chi connectivity index (χ0n) is 14.6. The molecular weight excluding hydrogens is 411 g/mol. The smallest absolute Gasteiger partial charge is 0.324 e. The summed E-state index contributed by atoms with van der Waals surface area (Å²) in [5, 5.41) is 11.0. The molecule has 2 heterocycles. The highest BCUT2D eigenvalue weighted by Crippen LogP contribution is 2.27. The Kier molecular flexibility index (Phi) is 5.66. The first kappa shape index (κ1) is 20.5. The van der Waals surface area contributed by atoms with Gasteiger partial charge in [0.05, 0.1) is 30.2 Å². The highest BCUT2D eigenvalue weighted by Gasteiger charge is 2.21.